The van der Waals surface area contributed by atoms with E-state index in [2.05, 4.69) is 39.6 Å². The van der Waals surface area contributed by atoms with E-state index in [0.717, 1.165) is 12.1 Å². The monoisotopic (exact) mass is 171 g/mol. The van der Waals surface area contributed by atoms with E-state index in [4.69, 9.17) is 0 Å². The van der Waals surface area contributed by atoms with Gasteiger partial charge in [0.2, 0.25) is 0 Å². The van der Waals surface area contributed by atoms with Crippen LogP contribution in [0.5, 0.6) is 0 Å². The summed E-state index contributed by atoms with van der Waals surface area (Å²) in [6.45, 7) is 9.16. The Morgan fingerprint density at radius 2 is 1.67 bits per heavy atom. The molecule has 0 radical (unpaired) electrons. The van der Waals surface area contributed by atoms with Crippen LogP contribution in [-0.4, -0.2) is 24.0 Å². The van der Waals surface area contributed by atoms with Gasteiger partial charge in [0.15, 0.2) is 0 Å². The Labute approximate surface area is 78.1 Å². The summed E-state index contributed by atoms with van der Waals surface area (Å²) in [5.41, 5.74) is 0. The second-order valence-electron chi connectivity index (χ2n) is 3.91. The Kier molecular flexibility index (Phi) is 6.45. The third kappa shape index (κ3) is 4.10. The first-order chi connectivity index (χ1) is 5.63. The zero-order valence-corrected chi connectivity index (χ0v) is 9.43. The molecule has 0 saturated heterocycles. The third-order valence-corrected chi connectivity index (χ3v) is 2.96. The minimum atomic E-state index is 0.733. The summed E-state index contributed by atoms with van der Waals surface area (Å²) in [6.07, 6.45) is 5.28. The largest absolute Gasteiger partial charge is 0.301 e. The van der Waals surface area contributed by atoms with E-state index in [1.54, 1.807) is 0 Å². The molecule has 0 spiro atoms. The first kappa shape index (κ1) is 12.0. The molecule has 0 bridgehead atoms. The molecule has 0 aliphatic carbocycles. The maximum absolute atomic E-state index is 2.50. The SMILES string of the molecule is CCCCC(C)N(C)C(C)CC. The van der Waals surface area contributed by atoms with Crippen LogP contribution in [0.15, 0.2) is 0 Å². The van der Waals surface area contributed by atoms with Gasteiger partial charge in [0, 0.05) is 12.1 Å². The van der Waals surface area contributed by atoms with Crippen LogP contribution in [0, 0.1) is 0 Å². The normalized spacial score (nSPS) is 16.5. The Bertz CT molecular complexity index is 101. The average Bonchev–Trinajstić information content (AvgIpc) is 2.11. The van der Waals surface area contributed by atoms with Crippen molar-refractivity contribution in [2.45, 2.75) is 65.5 Å². The molecular formula is C11H25N. The summed E-state index contributed by atoms with van der Waals surface area (Å²) < 4.78 is 0. The van der Waals surface area contributed by atoms with Gasteiger partial charge in [0.05, 0.1) is 0 Å². The molecule has 0 amide bonds. The van der Waals surface area contributed by atoms with Crippen LogP contribution in [0.4, 0.5) is 0 Å². The van der Waals surface area contributed by atoms with Crippen molar-refractivity contribution in [3.8, 4) is 0 Å². The van der Waals surface area contributed by atoms with Crippen LogP contribution in [0.1, 0.15) is 53.4 Å². The van der Waals surface area contributed by atoms with Crippen LogP contribution in [0.2, 0.25) is 0 Å². The van der Waals surface area contributed by atoms with Crippen molar-refractivity contribution < 1.29 is 0 Å². The first-order valence-corrected chi connectivity index (χ1v) is 5.35. The number of hydrogen-bond acceptors (Lipinski definition) is 1. The zero-order chi connectivity index (χ0) is 9.56. The van der Waals surface area contributed by atoms with Crippen molar-refractivity contribution >= 4 is 0 Å². The van der Waals surface area contributed by atoms with E-state index in [1.165, 1.54) is 25.7 Å². The zero-order valence-electron chi connectivity index (χ0n) is 9.43. The lowest BCUT2D eigenvalue weighted by Crippen LogP contribution is -2.36. The average molecular weight is 171 g/mol. The summed E-state index contributed by atoms with van der Waals surface area (Å²) in [6, 6.07) is 1.48. The molecular weight excluding hydrogens is 146 g/mol. The van der Waals surface area contributed by atoms with Crippen molar-refractivity contribution in [2.24, 2.45) is 0 Å². The summed E-state index contributed by atoms with van der Waals surface area (Å²) in [4.78, 5) is 2.50. The van der Waals surface area contributed by atoms with Crippen LogP contribution in [-0.2, 0) is 0 Å². The number of unbranched alkanes of at least 4 members (excludes halogenated alkanes) is 1. The molecule has 1 nitrogen and oxygen atoms in total. The summed E-state index contributed by atoms with van der Waals surface area (Å²) in [5.74, 6) is 0. The second-order valence-corrected chi connectivity index (χ2v) is 3.91. The van der Waals surface area contributed by atoms with Gasteiger partial charge >= 0.3 is 0 Å². The number of hydrogen-bond donors (Lipinski definition) is 0. The number of rotatable bonds is 6. The van der Waals surface area contributed by atoms with Crippen LogP contribution in [0.25, 0.3) is 0 Å². The molecule has 0 aliphatic heterocycles. The van der Waals surface area contributed by atoms with E-state index >= 15 is 0 Å². The highest BCUT2D eigenvalue weighted by atomic mass is 15.1. The van der Waals surface area contributed by atoms with Crippen LogP contribution < -0.4 is 0 Å². The lowest BCUT2D eigenvalue weighted by molar-refractivity contribution is 0.181. The summed E-state index contributed by atoms with van der Waals surface area (Å²) >= 11 is 0. The molecule has 2 unspecified atom stereocenters. The molecule has 0 rings (SSSR count). The molecule has 0 aromatic rings. The first-order valence-electron chi connectivity index (χ1n) is 5.35. The van der Waals surface area contributed by atoms with Crippen molar-refractivity contribution in [3.63, 3.8) is 0 Å². The smallest absolute Gasteiger partial charge is 0.00666 e. The fourth-order valence-corrected chi connectivity index (χ4v) is 1.43. The lowest BCUT2D eigenvalue weighted by Gasteiger charge is -2.30. The molecule has 0 heterocycles. The molecule has 0 saturated carbocycles. The topological polar surface area (TPSA) is 3.24 Å². The van der Waals surface area contributed by atoms with Gasteiger partial charge < -0.3 is 4.90 Å². The molecule has 0 aromatic carbocycles. The Balaban J connectivity index is 3.67. The van der Waals surface area contributed by atoms with E-state index in [-0.39, 0.29) is 0 Å². The molecule has 0 N–H and O–H groups in total. The summed E-state index contributed by atoms with van der Waals surface area (Å²) in [7, 11) is 2.24. The molecule has 2 atom stereocenters. The molecule has 0 aliphatic rings. The minimum absolute atomic E-state index is 0.733. The van der Waals surface area contributed by atoms with Crippen molar-refractivity contribution in [1.82, 2.24) is 4.90 Å². The maximum atomic E-state index is 2.50. The molecule has 0 aromatic heterocycles. The van der Waals surface area contributed by atoms with Crippen molar-refractivity contribution in [1.29, 1.82) is 0 Å². The van der Waals surface area contributed by atoms with Gasteiger partial charge in [-0.3, -0.25) is 0 Å². The van der Waals surface area contributed by atoms with Gasteiger partial charge in [-0.05, 0) is 33.7 Å². The minimum Gasteiger partial charge on any atom is -0.301 e. The molecule has 0 fully saturated rings. The highest BCUT2D eigenvalue weighted by molar-refractivity contribution is 4.68. The quantitative estimate of drug-likeness (QED) is 0.592. The van der Waals surface area contributed by atoms with E-state index in [9.17, 15) is 0 Å². The fraction of sp³-hybridized carbons (Fsp3) is 1.00. The molecule has 12 heavy (non-hydrogen) atoms. The van der Waals surface area contributed by atoms with E-state index < -0.39 is 0 Å². The highest BCUT2D eigenvalue weighted by Crippen LogP contribution is 2.11. The van der Waals surface area contributed by atoms with Gasteiger partial charge in [-0.2, -0.15) is 0 Å². The Morgan fingerprint density at radius 1 is 1.08 bits per heavy atom. The van der Waals surface area contributed by atoms with Crippen molar-refractivity contribution in [3.05, 3.63) is 0 Å². The van der Waals surface area contributed by atoms with E-state index in [1.807, 2.05) is 0 Å². The van der Waals surface area contributed by atoms with Crippen LogP contribution >= 0.6 is 0 Å². The Hall–Kier alpha value is -0.0400. The highest BCUT2D eigenvalue weighted by Gasteiger charge is 2.12. The summed E-state index contributed by atoms with van der Waals surface area (Å²) in [5, 5.41) is 0. The molecule has 74 valence electrons. The van der Waals surface area contributed by atoms with E-state index in [0.29, 0.717) is 0 Å². The predicted molar refractivity (Wildman–Crippen MR) is 56.5 cm³/mol. The molecule has 1 heteroatoms. The fourth-order valence-electron chi connectivity index (χ4n) is 1.43. The van der Waals surface area contributed by atoms with Gasteiger partial charge in [-0.25, -0.2) is 0 Å². The third-order valence-electron chi connectivity index (χ3n) is 2.96. The lowest BCUT2D eigenvalue weighted by atomic mass is 10.1. The van der Waals surface area contributed by atoms with Gasteiger partial charge in [-0.1, -0.05) is 26.7 Å². The van der Waals surface area contributed by atoms with Gasteiger partial charge in [-0.15, -0.1) is 0 Å². The van der Waals surface area contributed by atoms with Crippen LogP contribution in [0.3, 0.4) is 0 Å². The second kappa shape index (κ2) is 6.47. The van der Waals surface area contributed by atoms with Crippen molar-refractivity contribution in [2.75, 3.05) is 7.05 Å². The van der Waals surface area contributed by atoms with Gasteiger partial charge in [0.25, 0.3) is 0 Å². The number of nitrogens with zero attached hydrogens (tertiary/aromatic N) is 1. The maximum Gasteiger partial charge on any atom is 0.00666 e. The standard InChI is InChI=1S/C11H25N/c1-6-8-9-11(4)12(5)10(3)7-2/h10-11H,6-9H2,1-5H3. The predicted octanol–water partition coefficient (Wildman–Crippen LogP) is 3.30. The Morgan fingerprint density at radius 3 is 2.08 bits per heavy atom. The van der Waals surface area contributed by atoms with Gasteiger partial charge in [0.1, 0.15) is 0 Å².